The van der Waals surface area contributed by atoms with Crippen molar-refractivity contribution in [3.8, 4) is 10.7 Å². The van der Waals surface area contributed by atoms with E-state index in [4.69, 9.17) is 10.3 Å². The lowest BCUT2D eigenvalue weighted by molar-refractivity contribution is 0.366. The summed E-state index contributed by atoms with van der Waals surface area (Å²) >= 11 is 1.46. The number of nitrogens with two attached hydrogens (primary N) is 1. The second kappa shape index (κ2) is 3.98. The van der Waals surface area contributed by atoms with Crippen molar-refractivity contribution in [1.29, 1.82) is 0 Å². The molecule has 8 heteroatoms. The third kappa shape index (κ3) is 2.02. The summed E-state index contributed by atoms with van der Waals surface area (Å²) in [4.78, 5) is 9.08. The quantitative estimate of drug-likeness (QED) is 0.743. The Morgan fingerprint density at radius 3 is 3.06 bits per heavy atom. The molecule has 7 nitrogen and oxygen atoms in total. The second-order valence-electron chi connectivity index (χ2n) is 3.35. The van der Waals surface area contributed by atoms with Crippen LogP contribution in [0.3, 0.4) is 0 Å². The van der Waals surface area contributed by atoms with Crippen molar-refractivity contribution in [3.63, 3.8) is 0 Å². The summed E-state index contributed by atoms with van der Waals surface area (Å²) in [6.07, 6.45) is 4.97. The maximum Gasteiger partial charge on any atom is 0.248 e. The molecule has 3 heterocycles. The molecule has 0 aliphatic heterocycles. The Kier molecular flexibility index (Phi) is 2.33. The number of hydrogen-bond acceptors (Lipinski definition) is 7. The van der Waals surface area contributed by atoms with Crippen LogP contribution >= 0.6 is 11.3 Å². The van der Waals surface area contributed by atoms with Crippen molar-refractivity contribution in [1.82, 2.24) is 24.9 Å². The number of nitrogens with zero attached hydrogens (tertiary/aromatic N) is 5. The molecular weight excluding hydrogens is 240 g/mol. The topological polar surface area (TPSA) is 95.7 Å². The van der Waals surface area contributed by atoms with E-state index in [1.54, 1.807) is 28.8 Å². The highest BCUT2D eigenvalue weighted by atomic mass is 32.1. The van der Waals surface area contributed by atoms with Gasteiger partial charge in [0.1, 0.15) is 6.54 Å². The van der Waals surface area contributed by atoms with Gasteiger partial charge in [-0.1, -0.05) is 5.16 Å². The summed E-state index contributed by atoms with van der Waals surface area (Å²) in [5.41, 5.74) is 7.88. The van der Waals surface area contributed by atoms with Crippen molar-refractivity contribution in [2.75, 3.05) is 5.73 Å². The SMILES string of the molecule is Nc1cnn(Cc2nc(-c3cncs3)no2)c1. The zero-order valence-corrected chi connectivity index (χ0v) is 9.46. The van der Waals surface area contributed by atoms with Gasteiger partial charge in [0.05, 0.1) is 22.3 Å². The molecule has 0 unspecified atom stereocenters. The van der Waals surface area contributed by atoms with Crippen LogP contribution < -0.4 is 5.73 Å². The highest BCUT2D eigenvalue weighted by Crippen LogP contribution is 2.19. The molecule has 0 bridgehead atoms. The average Bonchev–Trinajstić information content (AvgIpc) is 3.00. The smallest absolute Gasteiger partial charge is 0.248 e. The molecule has 3 rings (SSSR count). The Hall–Kier alpha value is -2.22. The number of nitrogen functional groups attached to an aromatic ring is 1. The van der Waals surface area contributed by atoms with Crippen molar-refractivity contribution in [2.24, 2.45) is 0 Å². The first kappa shape index (κ1) is 9.97. The largest absolute Gasteiger partial charge is 0.396 e. The molecule has 0 aliphatic carbocycles. The minimum Gasteiger partial charge on any atom is -0.396 e. The molecule has 0 aromatic carbocycles. The van der Waals surface area contributed by atoms with Crippen LogP contribution in [0.5, 0.6) is 0 Å². The zero-order valence-electron chi connectivity index (χ0n) is 8.65. The van der Waals surface area contributed by atoms with Crippen LogP contribution in [0.1, 0.15) is 5.89 Å². The monoisotopic (exact) mass is 248 g/mol. The van der Waals surface area contributed by atoms with Crippen LogP contribution in [-0.4, -0.2) is 24.9 Å². The molecule has 0 spiro atoms. The Morgan fingerprint density at radius 1 is 1.41 bits per heavy atom. The summed E-state index contributed by atoms with van der Waals surface area (Å²) in [6.45, 7) is 0.406. The summed E-state index contributed by atoms with van der Waals surface area (Å²) in [5.74, 6) is 1.03. The lowest BCUT2D eigenvalue weighted by Crippen LogP contribution is -2.00. The Balaban J connectivity index is 1.81. The second-order valence-corrected chi connectivity index (χ2v) is 4.24. The first-order valence-corrected chi connectivity index (χ1v) is 5.68. The first-order chi connectivity index (χ1) is 8.31. The molecule has 0 saturated heterocycles. The molecule has 17 heavy (non-hydrogen) atoms. The van der Waals surface area contributed by atoms with E-state index in [0.717, 1.165) is 4.88 Å². The first-order valence-electron chi connectivity index (χ1n) is 4.80. The zero-order chi connectivity index (χ0) is 11.7. The minimum atomic E-state index is 0.406. The lowest BCUT2D eigenvalue weighted by Gasteiger charge is -1.93. The third-order valence-corrected chi connectivity index (χ3v) is 2.84. The van der Waals surface area contributed by atoms with Gasteiger partial charge in [0.25, 0.3) is 0 Å². The van der Waals surface area contributed by atoms with Crippen molar-refractivity contribution >= 4 is 17.0 Å². The highest BCUT2D eigenvalue weighted by molar-refractivity contribution is 7.13. The van der Waals surface area contributed by atoms with Gasteiger partial charge in [-0.2, -0.15) is 10.1 Å². The third-order valence-electron chi connectivity index (χ3n) is 2.07. The minimum absolute atomic E-state index is 0.406. The van der Waals surface area contributed by atoms with Gasteiger partial charge in [0, 0.05) is 12.4 Å². The normalized spacial score (nSPS) is 10.8. The predicted molar refractivity (Wildman–Crippen MR) is 61.1 cm³/mol. The van der Waals surface area contributed by atoms with Gasteiger partial charge in [-0.25, -0.2) is 0 Å². The summed E-state index contributed by atoms with van der Waals surface area (Å²) in [7, 11) is 0. The van der Waals surface area contributed by atoms with E-state index in [1.165, 1.54) is 11.3 Å². The predicted octanol–water partition coefficient (Wildman–Crippen LogP) is 1.02. The van der Waals surface area contributed by atoms with Crippen molar-refractivity contribution in [2.45, 2.75) is 6.54 Å². The van der Waals surface area contributed by atoms with Gasteiger partial charge in [0.2, 0.25) is 11.7 Å². The highest BCUT2D eigenvalue weighted by Gasteiger charge is 2.10. The fraction of sp³-hybridized carbons (Fsp3) is 0.111. The van der Waals surface area contributed by atoms with Crippen LogP contribution in [0.25, 0.3) is 10.7 Å². The molecule has 0 aliphatic rings. The maximum absolute atomic E-state index is 5.56. The van der Waals surface area contributed by atoms with E-state index in [0.29, 0.717) is 23.9 Å². The molecule has 0 radical (unpaired) electrons. The number of rotatable bonds is 3. The maximum atomic E-state index is 5.56. The van der Waals surface area contributed by atoms with Gasteiger partial charge >= 0.3 is 0 Å². The number of anilines is 1. The molecule has 3 aromatic rings. The molecule has 2 N–H and O–H groups in total. The summed E-state index contributed by atoms with van der Waals surface area (Å²) in [5, 5.41) is 7.91. The van der Waals surface area contributed by atoms with E-state index in [2.05, 4.69) is 20.2 Å². The molecule has 3 aromatic heterocycles. The standard InChI is InChI=1S/C9H8N6OS/c10-6-1-12-15(3-6)4-8-13-9(14-16-8)7-2-11-5-17-7/h1-3,5H,4,10H2. The van der Waals surface area contributed by atoms with Gasteiger partial charge in [-0.3, -0.25) is 9.67 Å². The molecule has 0 amide bonds. The Morgan fingerprint density at radius 2 is 2.35 bits per heavy atom. The van der Waals surface area contributed by atoms with E-state index >= 15 is 0 Å². The fourth-order valence-corrected chi connectivity index (χ4v) is 1.90. The molecule has 0 atom stereocenters. The van der Waals surface area contributed by atoms with Crippen molar-refractivity contribution in [3.05, 3.63) is 30.0 Å². The van der Waals surface area contributed by atoms with E-state index in [-0.39, 0.29) is 0 Å². The van der Waals surface area contributed by atoms with E-state index in [1.807, 2.05) is 0 Å². The van der Waals surface area contributed by atoms with Gasteiger partial charge < -0.3 is 10.3 Å². The van der Waals surface area contributed by atoms with Crippen LogP contribution in [0.4, 0.5) is 5.69 Å². The van der Waals surface area contributed by atoms with Crippen LogP contribution in [0.2, 0.25) is 0 Å². The molecular formula is C9H8N6OS. The summed E-state index contributed by atoms with van der Waals surface area (Å²) in [6, 6.07) is 0. The lowest BCUT2D eigenvalue weighted by atomic mass is 10.5. The summed E-state index contributed by atoms with van der Waals surface area (Å²) < 4.78 is 6.76. The number of hydrogen-bond donors (Lipinski definition) is 1. The van der Waals surface area contributed by atoms with E-state index < -0.39 is 0 Å². The molecule has 86 valence electrons. The molecule has 0 saturated carbocycles. The van der Waals surface area contributed by atoms with Crippen molar-refractivity contribution < 1.29 is 4.52 Å². The van der Waals surface area contributed by atoms with Gasteiger partial charge in [-0.05, 0) is 0 Å². The van der Waals surface area contributed by atoms with Crippen LogP contribution in [0.15, 0.2) is 28.6 Å². The fourth-order valence-electron chi connectivity index (χ4n) is 1.35. The van der Waals surface area contributed by atoms with Crippen LogP contribution in [0, 0.1) is 0 Å². The van der Waals surface area contributed by atoms with Crippen LogP contribution in [-0.2, 0) is 6.54 Å². The van der Waals surface area contributed by atoms with Gasteiger partial charge in [-0.15, -0.1) is 11.3 Å². The molecule has 0 fully saturated rings. The van der Waals surface area contributed by atoms with Gasteiger partial charge in [0.15, 0.2) is 0 Å². The Bertz CT molecular complexity index is 613. The number of thiazole rings is 1. The Labute approximate surface area is 99.9 Å². The number of aromatic nitrogens is 5. The average molecular weight is 248 g/mol. The van der Waals surface area contributed by atoms with E-state index in [9.17, 15) is 0 Å².